The fraction of sp³-hybridized carbons (Fsp3) is 0.615. The molecule has 0 amide bonds. The van der Waals surface area contributed by atoms with E-state index in [4.69, 9.17) is 29.0 Å². The van der Waals surface area contributed by atoms with Crippen molar-refractivity contribution in [2.24, 2.45) is 11.3 Å². The molecule has 0 bridgehead atoms. The molecule has 1 heterocycles. The fourth-order valence-corrected chi connectivity index (χ4v) is 3.22. The Kier molecular flexibility index (Phi) is 4.76. The maximum Gasteiger partial charge on any atom is 0.161 e. The van der Waals surface area contributed by atoms with E-state index in [1.54, 1.807) is 6.07 Å². The van der Waals surface area contributed by atoms with Gasteiger partial charge in [-0.1, -0.05) is 43.0 Å². The van der Waals surface area contributed by atoms with E-state index in [0.717, 1.165) is 6.54 Å². The zero-order chi connectivity index (χ0) is 13.9. The number of halogens is 2. The van der Waals surface area contributed by atoms with Gasteiger partial charge in [-0.15, -0.1) is 0 Å². The Bertz CT molecular complexity index is 445. The summed E-state index contributed by atoms with van der Waals surface area (Å²) in [5.74, 6) is 6.45. The van der Waals surface area contributed by atoms with Gasteiger partial charge in [-0.25, -0.2) is 10.8 Å². The van der Waals surface area contributed by atoms with E-state index < -0.39 is 0 Å². The second-order valence-electron chi connectivity index (χ2n) is 5.21. The average Bonchev–Trinajstić information content (AvgIpc) is 2.87. The van der Waals surface area contributed by atoms with Crippen LogP contribution in [0.25, 0.3) is 0 Å². The number of hydrazine groups is 1. The van der Waals surface area contributed by atoms with Gasteiger partial charge in [0.2, 0.25) is 0 Å². The van der Waals surface area contributed by atoms with Gasteiger partial charge in [-0.3, -0.25) is 0 Å². The van der Waals surface area contributed by atoms with E-state index in [0.29, 0.717) is 27.1 Å². The smallest absolute Gasteiger partial charge is 0.161 e. The number of hydrogen-bond donors (Lipinski definition) is 3. The number of hydrogen-bond acceptors (Lipinski definition) is 4. The maximum absolute atomic E-state index is 6.15. The lowest BCUT2D eigenvalue weighted by atomic mass is 9.83. The van der Waals surface area contributed by atoms with Crippen molar-refractivity contribution in [3.05, 3.63) is 16.1 Å². The molecule has 0 radical (unpaired) electrons. The van der Waals surface area contributed by atoms with Crippen molar-refractivity contribution in [3.8, 4) is 0 Å². The highest BCUT2D eigenvalue weighted by Gasteiger charge is 2.31. The topological polar surface area (TPSA) is 63.0 Å². The van der Waals surface area contributed by atoms with Crippen LogP contribution in [0.1, 0.15) is 39.0 Å². The van der Waals surface area contributed by atoms with Crippen LogP contribution in [-0.2, 0) is 0 Å². The van der Waals surface area contributed by atoms with Crippen molar-refractivity contribution in [1.29, 1.82) is 0 Å². The summed E-state index contributed by atoms with van der Waals surface area (Å²) in [6.07, 6.45) is 6.33. The van der Waals surface area contributed by atoms with Gasteiger partial charge < -0.3 is 10.7 Å². The summed E-state index contributed by atoms with van der Waals surface area (Å²) in [5.41, 5.74) is 2.85. The molecule has 1 aliphatic rings. The third-order valence-corrected chi connectivity index (χ3v) is 4.69. The summed E-state index contributed by atoms with van der Waals surface area (Å²) in [6.45, 7) is 3.14. The van der Waals surface area contributed by atoms with Crippen molar-refractivity contribution >= 4 is 34.8 Å². The standard InChI is InChI=1S/C13H20Cl2N4/c1-2-13(5-3-4-6-13)8-17-11-9(14)7-10(15)12(18-11)19-16/h7H,2-6,8,16H2,1H3,(H2,17,18,19). The molecule has 1 aromatic rings. The average molecular weight is 303 g/mol. The molecule has 0 atom stereocenters. The molecule has 0 aromatic carbocycles. The number of anilines is 2. The highest BCUT2D eigenvalue weighted by atomic mass is 35.5. The number of aromatic nitrogens is 1. The Balaban J connectivity index is 2.10. The molecular formula is C13H20Cl2N4. The van der Waals surface area contributed by atoms with Crippen LogP contribution in [0.5, 0.6) is 0 Å². The molecule has 4 nitrogen and oxygen atoms in total. The Morgan fingerprint density at radius 3 is 2.47 bits per heavy atom. The van der Waals surface area contributed by atoms with Crippen LogP contribution in [0.15, 0.2) is 6.07 Å². The molecule has 106 valence electrons. The number of nitrogens with two attached hydrogens (primary N) is 1. The van der Waals surface area contributed by atoms with Crippen LogP contribution in [-0.4, -0.2) is 11.5 Å². The van der Waals surface area contributed by atoms with Crippen molar-refractivity contribution in [2.45, 2.75) is 39.0 Å². The molecule has 4 N–H and O–H groups in total. The van der Waals surface area contributed by atoms with Crippen LogP contribution in [0.2, 0.25) is 10.0 Å². The first kappa shape index (κ1) is 14.7. The highest BCUT2D eigenvalue weighted by Crippen LogP contribution is 2.41. The highest BCUT2D eigenvalue weighted by molar-refractivity contribution is 6.37. The first-order valence-corrected chi connectivity index (χ1v) is 7.42. The van der Waals surface area contributed by atoms with Gasteiger partial charge in [-0.2, -0.15) is 0 Å². The van der Waals surface area contributed by atoms with Crippen molar-refractivity contribution in [2.75, 3.05) is 17.3 Å². The Hall–Kier alpha value is -0.710. The maximum atomic E-state index is 6.15. The van der Waals surface area contributed by atoms with E-state index in [2.05, 4.69) is 22.7 Å². The zero-order valence-electron chi connectivity index (χ0n) is 11.1. The van der Waals surface area contributed by atoms with Gasteiger partial charge in [0.15, 0.2) is 5.82 Å². The summed E-state index contributed by atoms with van der Waals surface area (Å²) in [5, 5.41) is 4.29. The summed E-state index contributed by atoms with van der Waals surface area (Å²) in [6, 6.07) is 1.65. The first-order chi connectivity index (χ1) is 9.10. The van der Waals surface area contributed by atoms with Gasteiger partial charge in [-0.05, 0) is 30.7 Å². The summed E-state index contributed by atoms with van der Waals surface area (Å²) in [4.78, 5) is 4.31. The summed E-state index contributed by atoms with van der Waals surface area (Å²) < 4.78 is 0. The molecule has 1 saturated carbocycles. The predicted octanol–water partition coefficient (Wildman–Crippen LogP) is 4.06. The van der Waals surface area contributed by atoms with Crippen LogP contribution in [0, 0.1) is 5.41 Å². The lowest BCUT2D eigenvalue weighted by Crippen LogP contribution is -2.26. The van der Waals surface area contributed by atoms with E-state index in [9.17, 15) is 0 Å². The fourth-order valence-electron chi connectivity index (χ4n) is 2.74. The molecular weight excluding hydrogens is 283 g/mol. The Morgan fingerprint density at radius 2 is 1.89 bits per heavy atom. The molecule has 0 spiro atoms. The van der Waals surface area contributed by atoms with Gasteiger partial charge in [0.25, 0.3) is 0 Å². The van der Waals surface area contributed by atoms with Gasteiger partial charge in [0.05, 0.1) is 10.0 Å². The zero-order valence-corrected chi connectivity index (χ0v) is 12.6. The summed E-state index contributed by atoms with van der Waals surface area (Å²) >= 11 is 12.1. The van der Waals surface area contributed by atoms with Crippen molar-refractivity contribution < 1.29 is 0 Å². The van der Waals surface area contributed by atoms with Crippen LogP contribution in [0.3, 0.4) is 0 Å². The lowest BCUT2D eigenvalue weighted by molar-refractivity contribution is 0.306. The minimum atomic E-state index is 0.376. The minimum absolute atomic E-state index is 0.376. The molecule has 1 aromatic heterocycles. The first-order valence-electron chi connectivity index (χ1n) is 6.67. The van der Waals surface area contributed by atoms with E-state index >= 15 is 0 Å². The molecule has 19 heavy (non-hydrogen) atoms. The normalized spacial score (nSPS) is 17.5. The molecule has 0 saturated heterocycles. The number of nitrogens with one attached hydrogen (secondary N) is 2. The van der Waals surface area contributed by atoms with Crippen molar-refractivity contribution in [1.82, 2.24) is 4.98 Å². The number of nitrogens with zero attached hydrogens (tertiary/aromatic N) is 1. The third kappa shape index (κ3) is 3.25. The molecule has 2 rings (SSSR count). The van der Waals surface area contributed by atoms with Crippen LogP contribution >= 0.6 is 23.2 Å². The largest absolute Gasteiger partial charge is 0.368 e. The molecule has 1 fully saturated rings. The van der Waals surface area contributed by atoms with Gasteiger partial charge in [0, 0.05) is 6.54 Å². The molecule has 1 aliphatic carbocycles. The Labute approximate surface area is 124 Å². The van der Waals surface area contributed by atoms with Crippen LogP contribution < -0.4 is 16.6 Å². The lowest BCUT2D eigenvalue weighted by Gasteiger charge is -2.28. The van der Waals surface area contributed by atoms with Gasteiger partial charge in [0.1, 0.15) is 5.82 Å². The van der Waals surface area contributed by atoms with Crippen LogP contribution in [0.4, 0.5) is 11.6 Å². The number of rotatable bonds is 5. The van der Waals surface area contributed by atoms with E-state index in [-0.39, 0.29) is 0 Å². The minimum Gasteiger partial charge on any atom is -0.368 e. The number of nitrogen functional groups attached to an aromatic ring is 1. The Morgan fingerprint density at radius 1 is 1.26 bits per heavy atom. The second kappa shape index (κ2) is 6.16. The van der Waals surface area contributed by atoms with E-state index in [1.165, 1.54) is 32.1 Å². The molecule has 0 aliphatic heterocycles. The predicted molar refractivity (Wildman–Crippen MR) is 81.7 cm³/mol. The summed E-state index contributed by atoms with van der Waals surface area (Å²) in [7, 11) is 0. The molecule has 0 unspecified atom stereocenters. The van der Waals surface area contributed by atoms with E-state index in [1.807, 2.05) is 0 Å². The second-order valence-corrected chi connectivity index (χ2v) is 6.02. The monoisotopic (exact) mass is 302 g/mol. The SMILES string of the molecule is CCC1(CNc2nc(NN)c(Cl)cc2Cl)CCCC1. The third-order valence-electron chi connectivity index (χ3n) is 4.11. The number of pyridine rings is 1. The molecule has 6 heteroatoms. The van der Waals surface area contributed by atoms with Gasteiger partial charge >= 0.3 is 0 Å². The van der Waals surface area contributed by atoms with Crippen molar-refractivity contribution in [3.63, 3.8) is 0 Å². The quantitative estimate of drug-likeness (QED) is 0.567.